The summed E-state index contributed by atoms with van der Waals surface area (Å²) in [5.41, 5.74) is 1.99. The van der Waals surface area contributed by atoms with E-state index in [4.69, 9.17) is 45.4 Å². The summed E-state index contributed by atoms with van der Waals surface area (Å²) in [4.78, 5) is 4.96. The van der Waals surface area contributed by atoms with Crippen LogP contribution in [0.2, 0.25) is 15.1 Å². The van der Waals surface area contributed by atoms with Crippen molar-refractivity contribution in [2.75, 3.05) is 0 Å². The van der Waals surface area contributed by atoms with Crippen LogP contribution in [0, 0.1) is 0 Å². The Balaban J connectivity index is 1.64. The van der Waals surface area contributed by atoms with Crippen molar-refractivity contribution >= 4 is 40.5 Å². The van der Waals surface area contributed by atoms with Gasteiger partial charge in [0.25, 0.3) is 5.60 Å². The largest absolute Gasteiger partial charge is 0.435 e. The fraction of sp³-hybridized carbons (Fsp3) is 0.350. The lowest BCUT2D eigenvalue weighted by Gasteiger charge is -2.39. The van der Waals surface area contributed by atoms with Gasteiger partial charge < -0.3 is 10.6 Å². The first-order chi connectivity index (χ1) is 13.9. The molecule has 1 heterocycles. The predicted octanol–water partition coefficient (Wildman–Crippen LogP) is 6.51. The lowest BCUT2D eigenvalue weighted by Crippen LogP contribution is -2.46. The molecule has 0 aromatic heterocycles. The second-order valence-corrected chi connectivity index (χ2v) is 8.79. The summed E-state index contributed by atoms with van der Waals surface area (Å²) in [6, 6.07) is 8.07. The molecule has 30 heavy (non-hydrogen) atoms. The molecule has 2 aliphatic rings. The van der Waals surface area contributed by atoms with Crippen molar-refractivity contribution in [2.45, 2.75) is 42.8 Å². The average molecular weight is 482 g/mol. The van der Waals surface area contributed by atoms with Gasteiger partial charge in [-0.25, -0.2) is 4.39 Å². The first kappa shape index (κ1) is 21.7. The van der Waals surface area contributed by atoms with E-state index in [9.17, 15) is 17.6 Å². The summed E-state index contributed by atoms with van der Waals surface area (Å²) in [5, 5.41) is 3.38. The van der Waals surface area contributed by atoms with Gasteiger partial charge in [0, 0.05) is 30.9 Å². The number of rotatable bonds is 3. The second-order valence-electron chi connectivity index (χ2n) is 7.60. The molecule has 1 aliphatic carbocycles. The Kier molecular flexibility index (Phi) is 5.25. The van der Waals surface area contributed by atoms with Gasteiger partial charge in [-0.15, -0.1) is 0 Å². The van der Waals surface area contributed by atoms with Crippen LogP contribution >= 0.6 is 34.8 Å². The Morgan fingerprint density at radius 2 is 1.57 bits per heavy atom. The van der Waals surface area contributed by atoms with Crippen LogP contribution < -0.4 is 5.73 Å². The Labute approximate surface area is 184 Å². The molecule has 160 valence electrons. The second kappa shape index (κ2) is 7.26. The van der Waals surface area contributed by atoms with Crippen LogP contribution in [0.1, 0.15) is 36.0 Å². The molecule has 0 spiro atoms. The summed E-state index contributed by atoms with van der Waals surface area (Å²) < 4.78 is 56.9. The average Bonchev–Trinajstić information content (AvgIpc) is 3.11. The molecule has 1 unspecified atom stereocenters. The lowest BCUT2D eigenvalue weighted by molar-refractivity contribution is -0.275. The monoisotopic (exact) mass is 480 g/mol. The predicted molar refractivity (Wildman–Crippen MR) is 108 cm³/mol. The quantitative estimate of drug-likeness (QED) is 0.401. The number of alkyl halides is 4. The molecule has 2 aromatic rings. The standard InChI is InChI=1S/C20H15Cl3F4N2O/c21-14-5-12(6-15(22)17(14)23)19(20(25,26)27)9-16(29-30-19)10-1-3-11(4-2-10)18(24)7-13(28)8-18/h1-6,13H,7-9,28H2. The molecule has 2 aromatic carbocycles. The Hall–Kier alpha value is -1.54. The number of benzene rings is 2. The van der Waals surface area contributed by atoms with Crippen LogP contribution in [0.3, 0.4) is 0 Å². The summed E-state index contributed by atoms with van der Waals surface area (Å²) >= 11 is 17.7. The third-order valence-corrected chi connectivity index (χ3v) is 6.74. The Bertz CT molecular complexity index is 997. The first-order valence-electron chi connectivity index (χ1n) is 8.97. The molecular weight excluding hydrogens is 467 g/mol. The van der Waals surface area contributed by atoms with Gasteiger partial charge in [-0.2, -0.15) is 13.2 Å². The zero-order chi connectivity index (χ0) is 21.9. The minimum atomic E-state index is -4.82. The molecule has 0 radical (unpaired) electrons. The maximum Gasteiger partial charge on any atom is 0.435 e. The van der Waals surface area contributed by atoms with E-state index in [2.05, 4.69) is 5.16 Å². The zero-order valence-electron chi connectivity index (χ0n) is 15.2. The highest BCUT2D eigenvalue weighted by atomic mass is 35.5. The first-order valence-corrected chi connectivity index (χ1v) is 10.1. The number of hydrogen-bond acceptors (Lipinski definition) is 3. The molecular formula is C20H15Cl3F4N2O. The summed E-state index contributed by atoms with van der Waals surface area (Å²) in [6.07, 6.45) is -4.99. The van der Waals surface area contributed by atoms with Crippen LogP contribution in [-0.2, 0) is 16.1 Å². The number of hydrogen-bond donors (Lipinski definition) is 1. The molecule has 1 aliphatic heterocycles. The van der Waals surface area contributed by atoms with Gasteiger partial charge >= 0.3 is 6.18 Å². The minimum Gasteiger partial charge on any atom is -0.374 e. The SMILES string of the molecule is NC1CC(F)(c2ccc(C3=NOC(c4cc(Cl)c(Cl)c(Cl)c4)(C(F)(F)F)C3)cc2)C1. The summed E-state index contributed by atoms with van der Waals surface area (Å²) in [5.74, 6) is 0. The smallest absolute Gasteiger partial charge is 0.374 e. The third-order valence-electron chi connectivity index (χ3n) is 5.54. The van der Waals surface area contributed by atoms with Crippen molar-refractivity contribution in [1.82, 2.24) is 0 Å². The molecule has 1 atom stereocenters. The van der Waals surface area contributed by atoms with Crippen molar-refractivity contribution in [3.63, 3.8) is 0 Å². The molecule has 0 saturated heterocycles. The van der Waals surface area contributed by atoms with E-state index in [1.807, 2.05) is 0 Å². The van der Waals surface area contributed by atoms with Crippen molar-refractivity contribution < 1.29 is 22.4 Å². The molecule has 1 saturated carbocycles. The van der Waals surface area contributed by atoms with Crippen LogP contribution in [0.25, 0.3) is 0 Å². The molecule has 3 nitrogen and oxygen atoms in total. The molecule has 0 bridgehead atoms. The third kappa shape index (κ3) is 3.45. The van der Waals surface area contributed by atoms with E-state index in [1.165, 1.54) is 24.3 Å². The maximum atomic E-state index is 14.7. The zero-order valence-corrected chi connectivity index (χ0v) is 17.5. The van der Waals surface area contributed by atoms with Crippen molar-refractivity contribution in [2.24, 2.45) is 10.9 Å². The summed E-state index contributed by atoms with van der Waals surface area (Å²) in [6.45, 7) is 0. The summed E-state index contributed by atoms with van der Waals surface area (Å²) in [7, 11) is 0. The van der Waals surface area contributed by atoms with E-state index in [-0.39, 0.29) is 45.2 Å². The van der Waals surface area contributed by atoms with Crippen molar-refractivity contribution in [3.8, 4) is 0 Å². The Morgan fingerprint density at radius 1 is 1.00 bits per heavy atom. The lowest BCUT2D eigenvalue weighted by atomic mass is 9.73. The highest BCUT2D eigenvalue weighted by Gasteiger charge is 2.62. The van der Waals surface area contributed by atoms with E-state index in [0.717, 1.165) is 12.1 Å². The van der Waals surface area contributed by atoms with E-state index in [0.29, 0.717) is 11.1 Å². The number of halogens is 7. The van der Waals surface area contributed by atoms with Crippen LogP contribution in [-0.4, -0.2) is 17.9 Å². The van der Waals surface area contributed by atoms with E-state index < -0.39 is 23.9 Å². The normalized spacial score (nSPS) is 28.7. The maximum absolute atomic E-state index is 14.7. The van der Waals surface area contributed by atoms with Gasteiger partial charge in [0.15, 0.2) is 0 Å². The molecule has 10 heteroatoms. The minimum absolute atomic E-state index is 0.0509. The highest BCUT2D eigenvalue weighted by molar-refractivity contribution is 6.48. The molecule has 4 rings (SSSR count). The van der Waals surface area contributed by atoms with Crippen molar-refractivity contribution in [3.05, 3.63) is 68.2 Å². The van der Waals surface area contributed by atoms with Gasteiger partial charge in [0.1, 0.15) is 5.67 Å². The van der Waals surface area contributed by atoms with Crippen molar-refractivity contribution in [1.29, 1.82) is 0 Å². The highest BCUT2D eigenvalue weighted by Crippen LogP contribution is 2.51. The van der Waals surface area contributed by atoms with E-state index in [1.54, 1.807) is 0 Å². The Morgan fingerprint density at radius 3 is 2.07 bits per heavy atom. The van der Waals surface area contributed by atoms with Crippen LogP contribution in [0.4, 0.5) is 17.6 Å². The van der Waals surface area contributed by atoms with Gasteiger partial charge in [-0.3, -0.25) is 0 Å². The van der Waals surface area contributed by atoms with Gasteiger partial charge in [-0.1, -0.05) is 64.2 Å². The topological polar surface area (TPSA) is 47.6 Å². The van der Waals surface area contributed by atoms with E-state index >= 15 is 0 Å². The molecule has 1 fully saturated rings. The number of oxime groups is 1. The van der Waals surface area contributed by atoms with Gasteiger partial charge in [-0.05, 0) is 23.3 Å². The molecule has 2 N–H and O–H groups in total. The molecule has 0 amide bonds. The fourth-order valence-electron chi connectivity index (χ4n) is 3.82. The number of nitrogens with two attached hydrogens (primary N) is 1. The van der Waals surface area contributed by atoms with Gasteiger partial charge in [0.05, 0.1) is 20.8 Å². The van der Waals surface area contributed by atoms with Gasteiger partial charge in [0.2, 0.25) is 0 Å². The van der Waals surface area contributed by atoms with Crippen LogP contribution in [0.15, 0.2) is 41.6 Å². The number of nitrogens with zero attached hydrogens (tertiary/aromatic N) is 1. The van der Waals surface area contributed by atoms with Crippen LogP contribution in [0.5, 0.6) is 0 Å². The fourth-order valence-corrected chi connectivity index (χ4v) is 4.41.